The molecule has 0 bridgehead atoms. The van der Waals surface area contributed by atoms with Crippen molar-refractivity contribution in [2.45, 2.75) is 77.7 Å². The smallest absolute Gasteiger partial charge is 0.0807 e. The first kappa shape index (κ1) is 18.9. The molecule has 0 heterocycles. The van der Waals surface area contributed by atoms with E-state index in [0.717, 1.165) is 45.2 Å². The summed E-state index contributed by atoms with van der Waals surface area (Å²) in [4.78, 5) is 0. The molecule has 0 unspecified atom stereocenters. The molecule has 0 atom stereocenters. The van der Waals surface area contributed by atoms with Crippen molar-refractivity contribution >= 4 is 0 Å². The van der Waals surface area contributed by atoms with Crippen LogP contribution in [0, 0.1) is 5.92 Å². The second-order valence-electron chi connectivity index (χ2n) is 6.55. The molecule has 0 radical (unpaired) electrons. The van der Waals surface area contributed by atoms with Crippen LogP contribution in [0.15, 0.2) is 0 Å². The molecule has 0 aliphatic heterocycles. The van der Waals surface area contributed by atoms with Gasteiger partial charge in [0.1, 0.15) is 0 Å². The first-order valence-electron chi connectivity index (χ1n) is 9.18. The number of ether oxygens (including phenoxy) is 2. The van der Waals surface area contributed by atoms with E-state index in [-0.39, 0.29) is 5.60 Å². The number of rotatable bonds is 12. The van der Waals surface area contributed by atoms with E-state index < -0.39 is 0 Å². The average Bonchev–Trinajstić information content (AvgIpc) is 2.50. The van der Waals surface area contributed by atoms with Crippen molar-refractivity contribution in [3.63, 3.8) is 0 Å². The fourth-order valence-electron chi connectivity index (χ4n) is 3.33. The van der Waals surface area contributed by atoms with Crippen LogP contribution in [0.2, 0.25) is 0 Å². The first-order valence-corrected chi connectivity index (χ1v) is 9.18. The first-order chi connectivity index (χ1) is 10.3. The maximum atomic E-state index is 6.30. The lowest BCUT2D eigenvalue weighted by atomic mass is 9.77. The number of nitrogens with one attached hydrogen (secondary N) is 1. The van der Waals surface area contributed by atoms with E-state index in [9.17, 15) is 0 Å². The molecule has 1 aliphatic rings. The standard InChI is InChI=1S/C18H37NO2/c1-4-7-17-8-10-18(11-9-17,16-19-12-5-2)21-15-14-20-13-6-3/h17,19H,4-16H2,1-3H3. The highest BCUT2D eigenvalue weighted by Crippen LogP contribution is 2.36. The summed E-state index contributed by atoms with van der Waals surface area (Å²) in [5, 5.41) is 3.58. The van der Waals surface area contributed by atoms with Gasteiger partial charge in [0.2, 0.25) is 0 Å². The van der Waals surface area contributed by atoms with Gasteiger partial charge in [0, 0.05) is 13.2 Å². The third-order valence-electron chi connectivity index (χ3n) is 4.57. The van der Waals surface area contributed by atoms with E-state index in [0.29, 0.717) is 0 Å². The Bertz CT molecular complexity index is 237. The van der Waals surface area contributed by atoms with Gasteiger partial charge in [-0.2, -0.15) is 0 Å². The summed E-state index contributed by atoms with van der Waals surface area (Å²) in [5.41, 5.74) is 0.0645. The molecule has 0 aromatic rings. The molecule has 0 amide bonds. The van der Waals surface area contributed by atoms with Crippen molar-refractivity contribution in [1.29, 1.82) is 0 Å². The van der Waals surface area contributed by atoms with Crippen molar-refractivity contribution in [2.24, 2.45) is 5.92 Å². The van der Waals surface area contributed by atoms with Gasteiger partial charge in [-0.1, -0.05) is 33.6 Å². The molecular formula is C18H37NO2. The van der Waals surface area contributed by atoms with Gasteiger partial charge >= 0.3 is 0 Å². The number of hydrogen-bond acceptors (Lipinski definition) is 3. The molecule has 126 valence electrons. The third kappa shape index (κ3) is 7.62. The molecule has 3 heteroatoms. The summed E-state index contributed by atoms with van der Waals surface area (Å²) in [6.45, 7) is 11.1. The van der Waals surface area contributed by atoms with Gasteiger partial charge in [0.15, 0.2) is 0 Å². The minimum Gasteiger partial charge on any atom is -0.379 e. The van der Waals surface area contributed by atoms with Crippen LogP contribution in [-0.4, -0.2) is 38.5 Å². The summed E-state index contributed by atoms with van der Waals surface area (Å²) in [7, 11) is 0. The quantitative estimate of drug-likeness (QED) is 0.549. The molecule has 1 N–H and O–H groups in total. The Hall–Kier alpha value is -0.120. The number of hydrogen-bond donors (Lipinski definition) is 1. The summed E-state index contributed by atoms with van der Waals surface area (Å²) >= 11 is 0. The van der Waals surface area contributed by atoms with Gasteiger partial charge < -0.3 is 14.8 Å². The van der Waals surface area contributed by atoms with Crippen molar-refractivity contribution < 1.29 is 9.47 Å². The Kier molecular flexibility index (Phi) is 10.3. The van der Waals surface area contributed by atoms with Gasteiger partial charge in [-0.25, -0.2) is 0 Å². The lowest BCUT2D eigenvalue weighted by Crippen LogP contribution is -2.46. The van der Waals surface area contributed by atoms with Gasteiger partial charge in [-0.3, -0.25) is 0 Å². The van der Waals surface area contributed by atoms with Crippen LogP contribution in [0.25, 0.3) is 0 Å². The highest BCUT2D eigenvalue weighted by Gasteiger charge is 2.35. The van der Waals surface area contributed by atoms with E-state index in [1.54, 1.807) is 0 Å². The van der Waals surface area contributed by atoms with Crippen LogP contribution >= 0.6 is 0 Å². The normalized spacial score (nSPS) is 26.1. The molecule has 3 nitrogen and oxygen atoms in total. The van der Waals surface area contributed by atoms with Crippen LogP contribution in [0.5, 0.6) is 0 Å². The Balaban J connectivity index is 2.36. The molecule has 0 aromatic carbocycles. The minimum absolute atomic E-state index is 0.0645. The van der Waals surface area contributed by atoms with Gasteiger partial charge in [-0.15, -0.1) is 0 Å². The molecule has 21 heavy (non-hydrogen) atoms. The van der Waals surface area contributed by atoms with Crippen molar-refractivity contribution in [1.82, 2.24) is 5.32 Å². The highest BCUT2D eigenvalue weighted by atomic mass is 16.5. The van der Waals surface area contributed by atoms with Crippen LogP contribution in [0.4, 0.5) is 0 Å². The van der Waals surface area contributed by atoms with Crippen molar-refractivity contribution in [3.05, 3.63) is 0 Å². The van der Waals surface area contributed by atoms with Crippen molar-refractivity contribution in [3.8, 4) is 0 Å². The zero-order valence-electron chi connectivity index (χ0n) is 14.6. The molecular weight excluding hydrogens is 262 g/mol. The lowest BCUT2D eigenvalue weighted by Gasteiger charge is -2.40. The minimum atomic E-state index is 0.0645. The van der Waals surface area contributed by atoms with Crippen LogP contribution in [0.3, 0.4) is 0 Å². The van der Waals surface area contributed by atoms with E-state index in [2.05, 4.69) is 26.1 Å². The third-order valence-corrected chi connectivity index (χ3v) is 4.57. The summed E-state index contributed by atoms with van der Waals surface area (Å²) < 4.78 is 11.9. The van der Waals surface area contributed by atoms with Gasteiger partial charge in [-0.05, 0) is 51.0 Å². The van der Waals surface area contributed by atoms with Crippen molar-refractivity contribution in [2.75, 3.05) is 32.9 Å². The van der Waals surface area contributed by atoms with Gasteiger partial charge in [0.05, 0.1) is 18.8 Å². The van der Waals surface area contributed by atoms with E-state index in [1.807, 2.05) is 0 Å². The van der Waals surface area contributed by atoms with Crippen LogP contribution in [-0.2, 0) is 9.47 Å². The lowest BCUT2D eigenvalue weighted by molar-refractivity contribution is -0.0929. The van der Waals surface area contributed by atoms with Gasteiger partial charge in [0.25, 0.3) is 0 Å². The molecule has 0 saturated heterocycles. The Morgan fingerprint density at radius 2 is 1.71 bits per heavy atom. The maximum absolute atomic E-state index is 6.30. The molecule has 1 aliphatic carbocycles. The Morgan fingerprint density at radius 3 is 2.33 bits per heavy atom. The zero-order chi connectivity index (χ0) is 15.4. The predicted octanol–water partition coefficient (Wildman–Crippen LogP) is 4.16. The average molecular weight is 299 g/mol. The molecule has 1 saturated carbocycles. The molecule has 0 aromatic heterocycles. The monoisotopic (exact) mass is 299 g/mol. The highest BCUT2D eigenvalue weighted by molar-refractivity contribution is 4.89. The summed E-state index contributed by atoms with van der Waals surface area (Å²) in [6, 6.07) is 0. The molecule has 0 spiro atoms. The molecule has 1 fully saturated rings. The summed E-state index contributed by atoms with van der Waals surface area (Å²) in [6.07, 6.45) is 10.1. The van der Waals surface area contributed by atoms with E-state index in [4.69, 9.17) is 9.47 Å². The SMILES string of the molecule is CCCNCC1(OCCOCCC)CCC(CCC)CC1. The van der Waals surface area contributed by atoms with E-state index >= 15 is 0 Å². The predicted molar refractivity (Wildman–Crippen MR) is 89.8 cm³/mol. The Labute approximate surface area is 132 Å². The fraction of sp³-hybridized carbons (Fsp3) is 1.00. The maximum Gasteiger partial charge on any atom is 0.0807 e. The topological polar surface area (TPSA) is 30.5 Å². The second kappa shape index (κ2) is 11.4. The van der Waals surface area contributed by atoms with E-state index in [1.165, 1.54) is 44.9 Å². The molecule has 1 rings (SSSR count). The largest absolute Gasteiger partial charge is 0.379 e. The summed E-state index contributed by atoms with van der Waals surface area (Å²) in [5.74, 6) is 0.925. The van der Waals surface area contributed by atoms with Crippen LogP contribution in [0.1, 0.15) is 72.1 Å². The zero-order valence-corrected chi connectivity index (χ0v) is 14.6. The Morgan fingerprint density at radius 1 is 0.952 bits per heavy atom. The van der Waals surface area contributed by atoms with Crippen LogP contribution < -0.4 is 5.32 Å². The second-order valence-corrected chi connectivity index (χ2v) is 6.55. The fourth-order valence-corrected chi connectivity index (χ4v) is 3.33.